The Morgan fingerprint density at radius 3 is 2.28 bits per heavy atom. The maximum atomic E-state index is 5.55. The summed E-state index contributed by atoms with van der Waals surface area (Å²) in [7, 11) is 5.92. The molecule has 0 aliphatic rings. The van der Waals surface area contributed by atoms with Crippen molar-refractivity contribution in [2.75, 3.05) is 52.3 Å². The van der Waals surface area contributed by atoms with Gasteiger partial charge in [0.1, 0.15) is 0 Å². The van der Waals surface area contributed by atoms with E-state index in [-0.39, 0.29) is 24.0 Å². The van der Waals surface area contributed by atoms with Crippen molar-refractivity contribution in [1.29, 1.82) is 0 Å². The molecule has 0 aliphatic heterocycles. The maximum Gasteiger partial charge on any atom is 0.190 e. The van der Waals surface area contributed by atoms with E-state index in [4.69, 9.17) is 4.74 Å². The lowest BCUT2D eigenvalue weighted by molar-refractivity contribution is 0.129. The Morgan fingerprint density at radius 2 is 1.68 bits per heavy atom. The summed E-state index contributed by atoms with van der Waals surface area (Å²) in [5, 5.41) is 6.68. The molecule has 0 aromatic heterocycles. The third-order valence-electron chi connectivity index (χ3n) is 3.78. The Hall–Kier alpha value is -1.02. The number of ether oxygens (including phenoxy) is 1. The molecule has 25 heavy (non-hydrogen) atoms. The average molecular weight is 462 g/mol. The predicted octanol–water partition coefficient (Wildman–Crippen LogP) is 3.28. The van der Waals surface area contributed by atoms with Crippen molar-refractivity contribution >= 4 is 35.6 Å². The SMILES string of the molecule is CCCCOCCCNC(=NC)NCCc1ccc(N(C)C)cc1.I. The van der Waals surface area contributed by atoms with Crippen LogP contribution in [0, 0.1) is 0 Å². The zero-order valence-corrected chi connectivity index (χ0v) is 18.5. The molecule has 0 saturated carbocycles. The normalized spacial score (nSPS) is 11.0. The molecule has 144 valence electrons. The van der Waals surface area contributed by atoms with Crippen LogP contribution in [0.15, 0.2) is 29.3 Å². The summed E-state index contributed by atoms with van der Waals surface area (Å²) in [5.41, 5.74) is 2.55. The van der Waals surface area contributed by atoms with Gasteiger partial charge in [-0.05, 0) is 37.0 Å². The second-order valence-electron chi connectivity index (χ2n) is 6.06. The van der Waals surface area contributed by atoms with Crippen molar-refractivity contribution in [2.45, 2.75) is 32.6 Å². The van der Waals surface area contributed by atoms with Crippen LogP contribution in [0.3, 0.4) is 0 Å². The molecule has 1 aromatic rings. The van der Waals surface area contributed by atoms with Crippen molar-refractivity contribution in [1.82, 2.24) is 10.6 Å². The number of benzene rings is 1. The minimum atomic E-state index is 0. The van der Waals surface area contributed by atoms with Gasteiger partial charge in [-0.2, -0.15) is 0 Å². The standard InChI is InChI=1S/C19H34N4O.HI/c1-5-6-15-24-16-7-13-21-19(20-2)22-14-12-17-8-10-18(11-9-17)23(3)4;/h8-11H,5-7,12-16H2,1-4H3,(H2,20,21,22);1H. The first-order chi connectivity index (χ1) is 11.7. The van der Waals surface area contributed by atoms with Crippen LogP contribution < -0.4 is 15.5 Å². The van der Waals surface area contributed by atoms with Crippen molar-refractivity contribution < 1.29 is 4.74 Å². The van der Waals surface area contributed by atoms with E-state index < -0.39 is 0 Å². The van der Waals surface area contributed by atoms with Gasteiger partial charge >= 0.3 is 0 Å². The number of aliphatic imine (C=N–C) groups is 1. The molecule has 1 rings (SSSR count). The number of hydrogen-bond acceptors (Lipinski definition) is 3. The van der Waals surface area contributed by atoms with Crippen LogP contribution in [-0.4, -0.2) is 53.4 Å². The minimum Gasteiger partial charge on any atom is -0.381 e. The van der Waals surface area contributed by atoms with Gasteiger partial charge in [0, 0.05) is 53.1 Å². The molecule has 0 radical (unpaired) electrons. The summed E-state index contributed by atoms with van der Waals surface area (Å²) in [6, 6.07) is 8.67. The fraction of sp³-hybridized carbons (Fsp3) is 0.632. The van der Waals surface area contributed by atoms with E-state index in [1.54, 1.807) is 7.05 Å². The Balaban J connectivity index is 0.00000576. The Morgan fingerprint density at radius 1 is 1.04 bits per heavy atom. The van der Waals surface area contributed by atoms with Gasteiger partial charge < -0.3 is 20.3 Å². The summed E-state index contributed by atoms with van der Waals surface area (Å²) >= 11 is 0. The van der Waals surface area contributed by atoms with Gasteiger partial charge in [-0.25, -0.2) is 0 Å². The van der Waals surface area contributed by atoms with E-state index in [0.717, 1.165) is 51.5 Å². The predicted molar refractivity (Wildman–Crippen MR) is 120 cm³/mol. The molecule has 2 N–H and O–H groups in total. The van der Waals surface area contributed by atoms with Gasteiger partial charge in [0.15, 0.2) is 5.96 Å². The molecule has 6 heteroatoms. The number of hydrogen-bond donors (Lipinski definition) is 2. The van der Waals surface area contributed by atoms with Gasteiger partial charge in [-0.3, -0.25) is 4.99 Å². The lowest BCUT2D eigenvalue weighted by Gasteiger charge is -2.14. The molecule has 0 amide bonds. The van der Waals surface area contributed by atoms with E-state index in [1.807, 2.05) is 0 Å². The van der Waals surface area contributed by atoms with Crippen LogP contribution in [-0.2, 0) is 11.2 Å². The highest BCUT2D eigenvalue weighted by Gasteiger charge is 1.99. The lowest BCUT2D eigenvalue weighted by atomic mass is 10.1. The second-order valence-corrected chi connectivity index (χ2v) is 6.06. The average Bonchev–Trinajstić information content (AvgIpc) is 2.59. The smallest absolute Gasteiger partial charge is 0.190 e. The van der Waals surface area contributed by atoms with E-state index in [1.165, 1.54) is 17.7 Å². The number of rotatable bonds is 11. The van der Waals surface area contributed by atoms with Gasteiger partial charge in [-0.15, -0.1) is 24.0 Å². The van der Waals surface area contributed by atoms with Crippen molar-refractivity contribution in [3.05, 3.63) is 29.8 Å². The maximum absolute atomic E-state index is 5.55. The van der Waals surface area contributed by atoms with Crippen LogP contribution in [0.4, 0.5) is 5.69 Å². The summed E-state index contributed by atoms with van der Waals surface area (Å²) in [6.45, 7) is 5.60. The summed E-state index contributed by atoms with van der Waals surface area (Å²) < 4.78 is 5.55. The van der Waals surface area contributed by atoms with E-state index >= 15 is 0 Å². The quantitative estimate of drug-likeness (QED) is 0.229. The van der Waals surface area contributed by atoms with Crippen molar-refractivity contribution in [3.63, 3.8) is 0 Å². The summed E-state index contributed by atoms with van der Waals surface area (Å²) in [6.07, 6.45) is 4.31. The highest BCUT2D eigenvalue weighted by atomic mass is 127. The second kappa shape index (κ2) is 15.3. The number of anilines is 1. The molecule has 1 aromatic carbocycles. The van der Waals surface area contributed by atoms with Gasteiger partial charge in [0.2, 0.25) is 0 Å². The molecular weight excluding hydrogens is 427 g/mol. The van der Waals surface area contributed by atoms with Crippen LogP contribution in [0.5, 0.6) is 0 Å². The van der Waals surface area contributed by atoms with Gasteiger partial charge in [-0.1, -0.05) is 25.5 Å². The molecular formula is C19H35IN4O. The molecule has 0 unspecified atom stereocenters. The lowest BCUT2D eigenvalue weighted by Crippen LogP contribution is -2.39. The molecule has 0 fully saturated rings. The number of guanidine groups is 1. The zero-order chi connectivity index (χ0) is 17.6. The van der Waals surface area contributed by atoms with E-state index in [0.29, 0.717) is 0 Å². The minimum absolute atomic E-state index is 0. The van der Waals surface area contributed by atoms with Crippen LogP contribution >= 0.6 is 24.0 Å². The number of nitrogens with one attached hydrogen (secondary N) is 2. The molecule has 0 heterocycles. The van der Waals surface area contributed by atoms with Crippen LogP contribution in [0.2, 0.25) is 0 Å². The highest BCUT2D eigenvalue weighted by Crippen LogP contribution is 2.12. The molecule has 0 saturated heterocycles. The highest BCUT2D eigenvalue weighted by molar-refractivity contribution is 14.0. The zero-order valence-electron chi connectivity index (χ0n) is 16.2. The number of nitrogens with zero attached hydrogens (tertiary/aromatic N) is 2. The largest absolute Gasteiger partial charge is 0.381 e. The fourth-order valence-electron chi connectivity index (χ4n) is 2.24. The number of halogens is 1. The summed E-state index contributed by atoms with van der Waals surface area (Å²) in [5.74, 6) is 0.855. The van der Waals surface area contributed by atoms with Gasteiger partial charge in [0.25, 0.3) is 0 Å². The van der Waals surface area contributed by atoms with Crippen LogP contribution in [0.25, 0.3) is 0 Å². The van der Waals surface area contributed by atoms with Gasteiger partial charge in [0.05, 0.1) is 0 Å². The Bertz CT molecular complexity index is 463. The van der Waals surface area contributed by atoms with Crippen molar-refractivity contribution in [3.8, 4) is 0 Å². The first kappa shape index (κ1) is 24.0. The van der Waals surface area contributed by atoms with E-state index in [2.05, 4.69) is 65.8 Å². The molecule has 0 bridgehead atoms. The fourth-order valence-corrected chi connectivity index (χ4v) is 2.24. The Labute approximate surface area is 170 Å². The van der Waals surface area contributed by atoms with Crippen LogP contribution in [0.1, 0.15) is 31.7 Å². The van der Waals surface area contributed by atoms with E-state index in [9.17, 15) is 0 Å². The first-order valence-electron chi connectivity index (χ1n) is 8.96. The third kappa shape index (κ3) is 11.3. The molecule has 0 aliphatic carbocycles. The Kier molecular flexibility index (Phi) is 14.6. The number of unbranched alkanes of at least 4 members (excludes halogenated alkanes) is 1. The third-order valence-corrected chi connectivity index (χ3v) is 3.78. The van der Waals surface area contributed by atoms with Crippen molar-refractivity contribution in [2.24, 2.45) is 4.99 Å². The molecule has 0 spiro atoms. The molecule has 0 atom stereocenters. The molecule has 5 nitrogen and oxygen atoms in total. The first-order valence-corrected chi connectivity index (χ1v) is 8.96. The summed E-state index contributed by atoms with van der Waals surface area (Å²) in [4.78, 5) is 6.36. The monoisotopic (exact) mass is 462 g/mol. The topological polar surface area (TPSA) is 48.9 Å².